The molecule has 3 aromatic rings. The van der Waals surface area contributed by atoms with E-state index in [0.717, 1.165) is 24.0 Å². The van der Waals surface area contributed by atoms with Crippen LogP contribution in [0.2, 0.25) is 0 Å². The molecule has 0 aliphatic heterocycles. The lowest BCUT2D eigenvalue weighted by molar-refractivity contribution is -0.158. The Hall–Kier alpha value is -3.99. The normalized spacial score (nSPS) is 12.7. The molecule has 2 amide bonds. The number of hydrogen-bond donors (Lipinski definition) is 4. The van der Waals surface area contributed by atoms with Crippen LogP contribution in [0.3, 0.4) is 0 Å². The lowest BCUT2D eigenvalue weighted by atomic mass is 9.79. The third kappa shape index (κ3) is 7.81. The van der Waals surface area contributed by atoms with Crippen LogP contribution in [-0.4, -0.2) is 62.4 Å². The minimum absolute atomic E-state index is 0.0796. The van der Waals surface area contributed by atoms with Gasteiger partial charge in [-0.05, 0) is 56.7 Å². The fourth-order valence-corrected chi connectivity index (χ4v) is 4.37. The average molecular weight is 568 g/mol. The number of rotatable bonds is 10. The number of esters is 1. The Morgan fingerprint density at radius 1 is 1.02 bits per heavy atom. The molecule has 2 aromatic heterocycles. The first-order chi connectivity index (χ1) is 19.2. The number of carbonyl (C=O) groups excluding carboxylic acids is 3. The average Bonchev–Trinajstić information content (AvgIpc) is 3.59. The van der Waals surface area contributed by atoms with Gasteiger partial charge in [-0.2, -0.15) is 5.10 Å². The molecule has 0 unspecified atom stereocenters. The topological polar surface area (TPSA) is 159 Å². The van der Waals surface area contributed by atoms with E-state index < -0.39 is 35.5 Å². The first-order valence-electron chi connectivity index (χ1n) is 13.8. The fraction of sp³-hybridized carbons (Fsp3) is 0.500. The van der Waals surface area contributed by atoms with Crippen LogP contribution in [-0.2, 0) is 14.9 Å². The van der Waals surface area contributed by atoms with Crippen LogP contribution in [0.25, 0.3) is 22.7 Å². The number of carbonyl (C=O) groups is 3. The van der Waals surface area contributed by atoms with Crippen LogP contribution in [0.15, 0.2) is 34.9 Å². The summed E-state index contributed by atoms with van der Waals surface area (Å²) in [6.07, 6.45) is 2.93. The fourth-order valence-electron chi connectivity index (χ4n) is 4.37. The third-order valence-corrected chi connectivity index (χ3v) is 6.37. The number of aliphatic hydroxyl groups excluding tert-OH is 1. The van der Waals surface area contributed by atoms with Crippen molar-refractivity contribution in [2.45, 2.75) is 91.3 Å². The van der Waals surface area contributed by atoms with Crippen LogP contribution in [0.4, 0.5) is 0 Å². The Bertz CT molecular complexity index is 1370. The van der Waals surface area contributed by atoms with Gasteiger partial charge in [-0.15, -0.1) is 0 Å². The van der Waals surface area contributed by atoms with Crippen LogP contribution in [0.5, 0.6) is 0 Å². The number of aliphatic hydroxyl groups is 1. The summed E-state index contributed by atoms with van der Waals surface area (Å²) in [5.41, 5.74) is 2.03. The number of hydrogen-bond acceptors (Lipinski definition) is 8. The van der Waals surface area contributed by atoms with Crippen molar-refractivity contribution in [2.24, 2.45) is 0 Å². The van der Waals surface area contributed by atoms with Gasteiger partial charge in [-0.1, -0.05) is 46.8 Å². The molecule has 41 heavy (non-hydrogen) atoms. The smallest absolute Gasteiger partial charge is 0.331 e. The minimum Gasteiger partial charge on any atom is -0.458 e. The molecular formula is C30H41N5O6. The summed E-state index contributed by atoms with van der Waals surface area (Å²) in [5, 5.41) is 22.4. The van der Waals surface area contributed by atoms with E-state index in [4.69, 9.17) is 9.15 Å². The number of oxazole rings is 1. The summed E-state index contributed by atoms with van der Waals surface area (Å²) >= 11 is 0. The van der Waals surface area contributed by atoms with Crippen molar-refractivity contribution in [1.29, 1.82) is 0 Å². The molecule has 0 aliphatic rings. The molecule has 1 aromatic carbocycles. The van der Waals surface area contributed by atoms with Crippen LogP contribution >= 0.6 is 0 Å². The first-order valence-corrected chi connectivity index (χ1v) is 13.8. The molecule has 11 heteroatoms. The Labute approximate surface area is 240 Å². The van der Waals surface area contributed by atoms with Gasteiger partial charge >= 0.3 is 5.97 Å². The molecule has 222 valence electrons. The van der Waals surface area contributed by atoms with Gasteiger partial charge in [0.1, 0.15) is 11.3 Å². The number of aromatic amines is 1. The number of aromatic nitrogens is 3. The summed E-state index contributed by atoms with van der Waals surface area (Å²) in [7, 11) is 0. The van der Waals surface area contributed by atoms with Crippen LogP contribution < -0.4 is 10.6 Å². The maximum atomic E-state index is 12.9. The molecule has 1 atom stereocenters. The molecule has 4 N–H and O–H groups in total. The van der Waals surface area contributed by atoms with E-state index in [-0.39, 0.29) is 23.6 Å². The Kier molecular flexibility index (Phi) is 9.75. The highest BCUT2D eigenvalue weighted by molar-refractivity contribution is 5.95. The van der Waals surface area contributed by atoms with Gasteiger partial charge in [-0.25, -0.2) is 9.78 Å². The number of nitrogens with one attached hydrogen (secondary N) is 3. The van der Waals surface area contributed by atoms with E-state index in [9.17, 15) is 19.5 Å². The van der Waals surface area contributed by atoms with Crippen molar-refractivity contribution in [3.8, 4) is 22.7 Å². The van der Waals surface area contributed by atoms with Crippen molar-refractivity contribution in [3.05, 3.63) is 47.5 Å². The zero-order valence-corrected chi connectivity index (χ0v) is 25.0. The molecule has 0 saturated carbocycles. The highest BCUT2D eigenvalue weighted by atomic mass is 16.6. The van der Waals surface area contributed by atoms with Crippen molar-refractivity contribution in [3.63, 3.8) is 0 Å². The van der Waals surface area contributed by atoms with Crippen LogP contribution in [0.1, 0.15) is 94.8 Å². The summed E-state index contributed by atoms with van der Waals surface area (Å²) in [6, 6.07) is 6.10. The van der Waals surface area contributed by atoms with E-state index in [1.165, 1.54) is 6.20 Å². The number of ether oxygens (including phenoxy) is 1. The van der Waals surface area contributed by atoms with Gasteiger partial charge in [0.15, 0.2) is 6.04 Å². The summed E-state index contributed by atoms with van der Waals surface area (Å²) in [6.45, 7) is 14.6. The lowest BCUT2D eigenvalue weighted by Crippen LogP contribution is -2.46. The van der Waals surface area contributed by atoms with Gasteiger partial charge < -0.3 is 24.9 Å². The molecule has 0 fully saturated rings. The van der Waals surface area contributed by atoms with E-state index in [2.05, 4.69) is 25.8 Å². The van der Waals surface area contributed by atoms with Crippen molar-refractivity contribution >= 4 is 17.8 Å². The SMILES string of the molecule is CCC(CC)NC(=O)c1cc(-c2cccc(-c3ncc(C(=O)N[C@@H](CO)C(=O)OC(C)(C)C)o3)c2C(C)(C)C)n[nH]1. The first kappa shape index (κ1) is 31.5. The Morgan fingerprint density at radius 3 is 2.27 bits per heavy atom. The van der Waals surface area contributed by atoms with E-state index >= 15 is 0 Å². The van der Waals surface area contributed by atoms with E-state index in [1.807, 2.05) is 52.8 Å². The maximum absolute atomic E-state index is 12.9. The predicted octanol–water partition coefficient (Wildman–Crippen LogP) is 4.38. The molecule has 2 heterocycles. The third-order valence-electron chi connectivity index (χ3n) is 6.37. The highest BCUT2D eigenvalue weighted by Crippen LogP contribution is 2.39. The molecule has 0 aliphatic carbocycles. The van der Waals surface area contributed by atoms with Crippen molar-refractivity contribution < 1.29 is 28.6 Å². The van der Waals surface area contributed by atoms with E-state index in [1.54, 1.807) is 26.8 Å². The second-order valence-corrected chi connectivity index (χ2v) is 11.9. The molecular weight excluding hydrogens is 526 g/mol. The zero-order valence-electron chi connectivity index (χ0n) is 25.0. The van der Waals surface area contributed by atoms with Crippen molar-refractivity contribution in [1.82, 2.24) is 25.8 Å². The Morgan fingerprint density at radius 2 is 1.68 bits per heavy atom. The molecule has 11 nitrogen and oxygen atoms in total. The largest absolute Gasteiger partial charge is 0.458 e. The van der Waals surface area contributed by atoms with E-state index in [0.29, 0.717) is 17.0 Å². The molecule has 0 spiro atoms. The van der Waals surface area contributed by atoms with Gasteiger partial charge in [-0.3, -0.25) is 14.7 Å². The Balaban J connectivity index is 1.93. The molecule has 3 rings (SSSR count). The summed E-state index contributed by atoms with van der Waals surface area (Å²) < 4.78 is 11.1. The number of H-pyrrole nitrogens is 1. The molecule has 0 bridgehead atoms. The minimum atomic E-state index is -1.26. The van der Waals surface area contributed by atoms with Crippen LogP contribution in [0, 0.1) is 0 Å². The number of amides is 2. The quantitative estimate of drug-likeness (QED) is 0.263. The zero-order chi connectivity index (χ0) is 30.5. The number of benzene rings is 1. The standard InChI is InChI=1S/C30H41N5O6/c1-9-17(10-2)32-25(37)21-14-20(34-35-21)18-12-11-13-19(24(18)29(3,4)5)27-31-15-23(40-27)26(38)33-22(16-36)28(39)41-30(6,7)8/h11-15,17,22,36H,9-10,16H2,1-8H3,(H,32,37)(H,33,38)(H,34,35)/t22-/m0/s1. The van der Waals surface area contributed by atoms with Gasteiger partial charge in [0.2, 0.25) is 11.7 Å². The highest BCUT2D eigenvalue weighted by Gasteiger charge is 2.30. The van der Waals surface area contributed by atoms with Gasteiger partial charge in [0, 0.05) is 17.2 Å². The predicted molar refractivity (Wildman–Crippen MR) is 154 cm³/mol. The summed E-state index contributed by atoms with van der Waals surface area (Å²) in [5.74, 6) is -1.64. The van der Waals surface area contributed by atoms with Gasteiger partial charge in [0.25, 0.3) is 11.8 Å². The molecule has 0 saturated heterocycles. The monoisotopic (exact) mass is 567 g/mol. The molecule has 0 radical (unpaired) electrons. The number of nitrogens with zero attached hydrogens (tertiary/aromatic N) is 2. The second-order valence-electron chi connectivity index (χ2n) is 11.9. The van der Waals surface area contributed by atoms with Gasteiger partial charge in [0.05, 0.1) is 18.5 Å². The summed E-state index contributed by atoms with van der Waals surface area (Å²) in [4.78, 5) is 42.3. The van der Waals surface area contributed by atoms with Crippen molar-refractivity contribution in [2.75, 3.05) is 6.61 Å². The lowest BCUT2D eigenvalue weighted by Gasteiger charge is -2.25. The maximum Gasteiger partial charge on any atom is 0.331 e. The second kappa shape index (κ2) is 12.7.